The molecule has 5 heteroatoms. The van der Waals surface area contributed by atoms with E-state index in [0.717, 1.165) is 41.7 Å². The molecule has 3 unspecified atom stereocenters. The second-order valence-corrected chi connectivity index (χ2v) is 10.7. The second-order valence-electron chi connectivity index (χ2n) is 8.94. The number of rotatable bonds is 5. The van der Waals surface area contributed by atoms with Gasteiger partial charge in [0.05, 0.1) is 24.5 Å². The molecule has 2 aromatic carbocycles. The van der Waals surface area contributed by atoms with Crippen LogP contribution in [0.1, 0.15) is 74.2 Å². The molecule has 4 nitrogen and oxygen atoms in total. The molecule has 4 rings (SSSR count). The molecule has 168 valence electrons. The van der Waals surface area contributed by atoms with Crippen molar-refractivity contribution in [2.45, 2.75) is 63.7 Å². The van der Waals surface area contributed by atoms with Gasteiger partial charge in [-0.3, -0.25) is 9.20 Å². The monoisotopic (exact) mass is 448 g/mol. The summed E-state index contributed by atoms with van der Waals surface area (Å²) in [6.45, 7) is 8.41. The van der Waals surface area contributed by atoms with Crippen LogP contribution in [0.2, 0.25) is 0 Å². The average molecular weight is 449 g/mol. The van der Waals surface area contributed by atoms with Crippen molar-refractivity contribution in [3.05, 3.63) is 52.6 Å². The van der Waals surface area contributed by atoms with E-state index in [2.05, 4.69) is 62.9 Å². The van der Waals surface area contributed by atoms with Crippen LogP contribution in [-0.4, -0.2) is 27.7 Å². The lowest BCUT2D eigenvalue weighted by Gasteiger charge is -2.26. The van der Waals surface area contributed by atoms with Crippen molar-refractivity contribution < 1.29 is 8.95 Å². The molecule has 2 aromatic rings. The van der Waals surface area contributed by atoms with Gasteiger partial charge in [-0.15, -0.1) is 5.92 Å². The number of benzene rings is 2. The number of amidine groups is 1. The summed E-state index contributed by atoms with van der Waals surface area (Å²) in [7, 11) is 0.724. The highest BCUT2D eigenvalue weighted by Gasteiger charge is 2.54. The van der Waals surface area contributed by atoms with Crippen LogP contribution < -0.4 is 10.5 Å². The fourth-order valence-electron chi connectivity index (χ4n) is 4.51. The first-order valence-electron chi connectivity index (χ1n) is 11.3. The van der Waals surface area contributed by atoms with Crippen LogP contribution in [0.25, 0.3) is 11.1 Å². The van der Waals surface area contributed by atoms with Crippen molar-refractivity contribution in [1.82, 2.24) is 0 Å². The van der Waals surface area contributed by atoms with Gasteiger partial charge in [0.15, 0.2) is 0 Å². The Balaban J connectivity index is 1.85. The SMILES string of the molecule is CC#Cc1cc(-c2cc(C3CS(=O)C4(CC4)C(N)=N3)ccc2C)c(C(C)CC)cc1OC. The molecule has 1 fully saturated rings. The number of nitrogens with zero attached hydrogens (tertiary/aromatic N) is 1. The Hall–Kier alpha value is -2.58. The predicted octanol–water partition coefficient (Wildman–Crippen LogP) is 5.25. The smallest absolute Gasteiger partial charge is 0.134 e. The van der Waals surface area contributed by atoms with Gasteiger partial charge >= 0.3 is 0 Å². The predicted molar refractivity (Wildman–Crippen MR) is 134 cm³/mol. The highest BCUT2D eigenvalue weighted by atomic mass is 32.2. The fraction of sp³-hybridized carbons (Fsp3) is 0.444. The molecule has 0 radical (unpaired) electrons. The lowest BCUT2D eigenvalue weighted by atomic mass is 9.86. The van der Waals surface area contributed by atoms with E-state index in [1.54, 1.807) is 7.11 Å². The molecule has 2 N–H and O–H groups in total. The van der Waals surface area contributed by atoms with E-state index in [1.807, 2.05) is 6.92 Å². The van der Waals surface area contributed by atoms with Crippen LogP contribution in [0.5, 0.6) is 5.75 Å². The van der Waals surface area contributed by atoms with Crippen LogP contribution in [0.15, 0.2) is 35.3 Å². The van der Waals surface area contributed by atoms with E-state index < -0.39 is 10.8 Å². The second kappa shape index (κ2) is 8.75. The maximum Gasteiger partial charge on any atom is 0.134 e. The van der Waals surface area contributed by atoms with E-state index in [0.29, 0.717) is 17.5 Å². The van der Waals surface area contributed by atoms with Crippen molar-refractivity contribution >= 4 is 16.6 Å². The third kappa shape index (κ3) is 3.86. The average Bonchev–Trinajstić information content (AvgIpc) is 3.59. The third-order valence-corrected chi connectivity index (χ3v) is 9.03. The summed E-state index contributed by atoms with van der Waals surface area (Å²) in [5.41, 5.74) is 13.0. The van der Waals surface area contributed by atoms with E-state index in [-0.39, 0.29) is 10.8 Å². The van der Waals surface area contributed by atoms with Gasteiger partial charge in [0, 0.05) is 10.8 Å². The zero-order chi connectivity index (χ0) is 23.0. The van der Waals surface area contributed by atoms with Crippen LogP contribution in [0.4, 0.5) is 0 Å². The van der Waals surface area contributed by atoms with Crippen molar-refractivity contribution in [2.24, 2.45) is 10.7 Å². The first kappa shape index (κ1) is 22.6. The van der Waals surface area contributed by atoms with Crippen molar-refractivity contribution in [3.8, 4) is 28.7 Å². The van der Waals surface area contributed by atoms with Gasteiger partial charge in [0.1, 0.15) is 16.3 Å². The molecule has 2 aliphatic rings. The van der Waals surface area contributed by atoms with Crippen molar-refractivity contribution in [1.29, 1.82) is 0 Å². The standard InChI is InChI=1S/C27H32N2O2S/c1-6-8-20-14-23(22(17(3)7-2)15-25(20)31-5)21-13-19(10-9-18(21)4)24-16-32(30)27(11-12-27)26(28)29-24/h9-10,13-15,17,24H,7,11-12,16H2,1-5H3,(H2,28,29). The van der Waals surface area contributed by atoms with E-state index in [4.69, 9.17) is 15.5 Å². The molecule has 1 aliphatic heterocycles. The maximum atomic E-state index is 12.9. The summed E-state index contributed by atoms with van der Waals surface area (Å²) in [5.74, 6) is 8.48. The van der Waals surface area contributed by atoms with E-state index in [1.165, 1.54) is 16.7 Å². The van der Waals surface area contributed by atoms with Crippen molar-refractivity contribution in [2.75, 3.05) is 12.9 Å². The Bertz CT molecular complexity index is 1170. The van der Waals surface area contributed by atoms with Crippen LogP contribution in [0, 0.1) is 18.8 Å². The van der Waals surface area contributed by atoms with Crippen LogP contribution in [0.3, 0.4) is 0 Å². The Labute approximate surface area is 194 Å². The number of aliphatic imine (C=N–C) groups is 1. The minimum absolute atomic E-state index is 0.165. The largest absolute Gasteiger partial charge is 0.495 e. The summed E-state index contributed by atoms with van der Waals surface area (Å²) in [6, 6.07) is 10.6. The van der Waals surface area contributed by atoms with Gasteiger partial charge in [-0.05, 0) is 85.0 Å². The van der Waals surface area contributed by atoms with E-state index >= 15 is 0 Å². The zero-order valence-electron chi connectivity index (χ0n) is 19.6. The number of nitrogens with two attached hydrogens (primary N) is 1. The summed E-state index contributed by atoms with van der Waals surface area (Å²) in [4.78, 5) is 4.79. The lowest BCUT2D eigenvalue weighted by molar-refractivity contribution is 0.412. The molecule has 1 spiro atoms. The molecule has 32 heavy (non-hydrogen) atoms. The first-order valence-corrected chi connectivity index (χ1v) is 12.6. The summed E-state index contributed by atoms with van der Waals surface area (Å²) in [5, 5.41) is 0. The molecule has 1 heterocycles. The first-order chi connectivity index (χ1) is 15.3. The summed E-state index contributed by atoms with van der Waals surface area (Å²) in [6.07, 6.45) is 2.82. The third-order valence-electron chi connectivity index (χ3n) is 6.92. The van der Waals surface area contributed by atoms with E-state index in [9.17, 15) is 4.21 Å². The number of ether oxygens (including phenoxy) is 1. The Morgan fingerprint density at radius 1 is 1.28 bits per heavy atom. The number of methoxy groups -OCH3 is 1. The van der Waals surface area contributed by atoms with Crippen LogP contribution in [-0.2, 0) is 10.8 Å². The number of hydrogen-bond acceptors (Lipinski definition) is 4. The van der Waals surface area contributed by atoms with Gasteiger partial charge < -0.3 is 10.5 Å². The minimum Gasteiger partial charge on any atom is -0.495 e. The van der Waals surface area contributed by atoms with Gasteiger partial charge in [-0.1, -0.05) is 31.9 Å². The fourth-order valence-corrected chi connectivity index (χ4v) is 6.22. The minimum atomic E-state index is -0.971. The lowest BCUT2D eigenvalue weighted by Crippen LogP contribution is -2.41. The molecular formula is C27H32N2O2S. The summed E-state index contributed by atoms with van der Waals surface area (Å²) >= 11 is 0. The molecule has 0 amide bonds. The molecule has 0 bridgehead atoms. The van der Waals surface area contributed by atoms with Gasteiger partial charge in [0.25, 0.3) is 0 Å². The molecule has 3 atom stereocenters. The molecule has 0 aromatic heterocycles. The Kier molecular flexibility index (Phi) is 6.18. The highest BCUT2D eigenvalue weighted by molar-refractivity contribution is 7.87. The number of aryl methyl sites for hydroxylation is 1. The molecule has 1 saturated carbocycles. The van der Waals surface area contributed by atoms with Crippen molar-refractivity contribution in [3.63, 3.8) is 0 Å². The molecule has 0 saturated heterocycles. The maximum absolute atomic E-state index is 12.9. The Morgan fingerprint density at radius 2 is 2.03 bits per heavy atom. The molecular weight excluding hydrogens is 416 g/mol. The topological polar surface area (TPSA) is 64.7 Å². The number of hydrogen-bond donors (Lipinski definition) is 1. The van der Waals surface area contributed by atoms with Gasteiger partial charge in [0.2, 0.25) is 0 Å². The van der Waals surface area contributed by atoms with Gasteiger partial charge in [-0.2, -0.15) is 0 Å². The Morgan fingerprint density at radius 3 is 2.62 bits per heavy atom. The van der Waals surface area contributed by atoms with Gasteiger partial charge in [-0.25, -0.2) is 0 Å². The molecule has 1 aliphatic carbocycles. The normalized spacial score (nSPS) is 22.0. The summed E-state index contributed by atoms with van der Waals surface area (Å²) < 4.78 is 18.2. The quantitative estimate of drug-likeness (QED) is 0.636. The zero-order valence-corrected chi connectivity index (χ0v) is 20.4. The van der Waals surface area contributed by atoms with Crippen LogP contribution >= 0.6 is 0 Å². The highest BCUT2D eigenvalue weighted by Crippen LogP contribution is 2.47.